The van der Waals surface area contributed by atoms with E-state index in [1.165, 1.54) is 11.3 Å². The second kappa shape index (κ2) is 4.09. The van der Waals surface area contributed by atoms with Gasteiger partial charge in [0.2, 0.25) is 0 Å². The van der Waals surface area contributed by atoms with Gasteiger partial charge in [0, 0.05) is 11.6 Å². The third-order valence-corrected chi connectivity index (χ3v) is 2.38. The van der Waals surface area contributed by atoms with E-state index < -0.39 is 5.97 Å². The maximum atomic E-state index is 10.5. The molecular formula is C8H7N3O3S. The quantitative estimate of drug-likeness (QED) is 0.818. The molecule has 2 aromatic rings. The molecule has 0 aromatic carbocycles. The van der Waals surface area contributed by atoms with Gasteiger partial charge in [-0.3, -0.25) is 0 Å². The number of anilines is 1. The lowest BCUT2D eigenvalue weighted by Crippen LogP contribution is -2.00. The molecule has 0 aliphatic rings. The van der Waals surface area contributed by atoms with Crippen molar-refractivity contribution in [2.75, 3.05) is 5.32 Å². The van der Waals surface area contributed by atoms with Crippen LogP contribution >= 0.6 is 11.3 Å². The van der Waals surface area contributed by atoms with Crippen LogP contribution in [0.1, 0.15) is 15.5 Å². The highest BCUT2D eigenvalue weighted by atomic mass is 32.1. The highest BCUT2D eigenvalue weighted by Gasteiger charge is 2.09. The zero-order valence-electron chi connectivity index (χ0n) is 7.51. The number of hydrogen-bond donors (Lipinski definition) is 2. The van der Waals surface area contributed by atoms with Crippen LogP contribution in [0.4, 0.5) is 6.01 Å². The minimum absolute atomic E-state index is 0.114. The molecule has 6 nitrogen and oxygen atoms in total. The molecule has 2 rings (SSSR count). The number of thiazole rings is 1. The molecule has 0 bridgehead atoms. The predicted octanol–water partition coefficient (Wildman–Crippen LogP) is 1.44. The number of nitrogens with one attached hydrogen (secondary N) is 1. The predicted molar refractivity (Wildman–Crippen MR) is 52.9 cm³/mol. The maximum absolute atomic E-state index is 10.5. The number of carboxylic acid groups (broad SMARTS) is 1. The van der Waals surface area contributed by atoms with E-state index in [4.69, 9.17) is 9.52 Å². The summed E-state index contributed by atoms with van der Waals surface area (Å²) < 4.78 is 4.90. The lowest BCUT2D eigenvalue weighted by molar-refractivity contribution is 0.0690. The Bertz CT molecular complexity index is 451. The Hall–Kier alpha value is -1.89. The molecule has 78 valence electrons. The molecule has 0 atom stereocenters. The Morgan fingerprint density at radius 1 is 1.67 bits per heavy atom. The molecule has 2 heterocycles. The summed E-state index contributed by atoms with van der Waals surface area (Å²) in [5.74, 6) is -1.11. The summed E-state index contributed by atoms with van der Waals surface area (Å²) in [6.07, 6.45) is 2.78. The van der Waals surface area contributed by atoms with E-state index >= 15 is 0 Å². The zero-order valence-corrected chi connectivity index (χ0v) is 8.32. The van der Waals surface area contributed by atoms with Gasteiger partial charge in [-0.25, -0.2) is 9.78 Å². The number of rotatable bonds is 4. The molecule has 0 aliphatic carbocycles. The molecule has 0 unspecified atom stereocenters. The van der Waals surface area contributed by atoms with E-state index in [0.29, 0.717) is 6.54 Å². The van der Waals surface area contributed by atoms with Crippen molar-refractivity contribution in [3.8, 4) is 0 Å². The van der Waals surface area contributed by atoms with Gasteiger partial charge in [-0.15, -0.1) is 11.3 Å². The van der Waals surface area contributed by atoms with E-state index in [1.807, 2.05) is 5.38 Å². The minimum Gasteiger partial charge on any atom is -0.476 e. The van der Waals surface area contributed by atoms with Crippen molar-refractivity contribution in [2.24, 2.45) is 0 Å². The average molecular weight is 225 g/mol. The summed E-state index contributed by atoms with van der Waals surface area (Å²) in [7, 11) is 0. The van der Waals surface area contributed by atoms with Gasteiger partial charge in [0.25, 0.3) is 6.01 Å². The lowest BCUT2D eigenvalue weighted by atomic mass is 10.5. The van der Waals surface area contributed by atoms with Crippen molar-refractivity contribution in [2.45, 2.75) is 6.54 Å². The molecule has 0 amide bonds. The van der Waals surface area contributed by atoms with Crippen LogP contribution in [0.15, 0.2) is 22.3 Å². The second-order valence-electron chi connectivity index (χ2n) is 2.62. The average Bonchev–Trinajstić information content (AvgIpc) is 2.86. The molecule has 0 saturated carbocycles. The number of oxazole rings is 1. The molecule has 7 heteroatoms. The van der Waals surface area contributed by atoms with Crippen LogP contribution in [0.2, 0.25) is 0 Å². The van der Waals surface area contributed by atoms with Gasteiger partial charge in [0.05, 0.1) is 6.54 Å². The summed E-state index contributed by atoms with van der Waals surface area (Å²) in [5, 5.41) is 14.2. The fourth-order valence-electron chi connectivity index (χ4n) is 0.945. The molecule has 0 saturated heterocycles. The summed E-state index contributed by atoms with van der Waals surface area (Å²) in [4.78, 5) is 18.2. The fraction of sp³-hybridized carbons (Fsp3) is 0.125. The normalized spacial score (nSPS) is 10.1. The number of carboxylic acids is 1. The molecule has 0 radical (unpaired) electrons. The largest absolute Gasteiger partial charge is 0.476 e. The van der Waals surface area contributed by atoms with Crippen molar-refractivity contribution in [1.29, 1.82) is 0 Å². The number of aromatic nitrogens is 2. The van der Waals surface area contributed by atoms with Crippen molar-refractivity contribution < 1.29 is 14.3 Å². The van der Waals surface area contributed by atoms with Crippen LogP contribution in [-0.4, -0.2) is 21.0 Å². The third kappa shape index (κ3) is 2.32. The van der Waals surface area contributed by atoms with Crippen LogP contribution < -0.4 is 5.32 Å². The minimum atomic E-state index is -1.11. The molecule has 0 fully saturated rings. The maximum Gasteiger partial charge on any atom is 0.357 e. The number of carbonyl (C=O) groups is 1. The van der Waals surface area contributed by atoms with Gasteiger partial charge >= 0.3 is 5.97 Å². The Morgan fingerprint density at radius 3 is 3.13 bits per heavy atom. The van der Waals surface area contributed by atoms with Gasteiger partial charge in [0.1, 0.15) is 11.3 Å². The van der Waals surface area contributed by atoms with E-state index in [-0.39, 0.29) is 11.7 Å². The van der Waals surface area contributed by atoms with Crippen molar-refractivity contribution in [3.63, 3.8) is 0 Å². The SMILES string of the molecule is O=C(O)c1coc(NCc2nccs2)n1. The Morgan fingerprint density at radius 2 is 2.53 bits per heavy atom. The van der Waals surface area contributed by atoms with E-state index in [0.717, 1.165) is 11.3 Å². The summed E-state index contributed by atoms with van der Waals surface area (Å²) in [6, 6.07) is 0.183. The van der Waals surface area contributed by atoms with Gasteiger partial charge < -0.3 is 14.8 Å². The van der Waals surface area contributed by atoms with Crippen LogP contribution in [0.25, 0.3) is 0 Å². The van der Waals surface area contributed by atoms with E-state index in [9.17, 15) is 4.79 Å². The standard InChI is InChI=1S/C8H7N3O3S/c12-7(13)5-4-14-8(11-5)10-3-6-9-1-2-15-6/h1-2,4H,3H2,(H,10,11)(H,12,13). The van der Waals surface area contributed by atoms with Gasteiger partial charge in [0.15, 0.2) is 5.69 Å². The third-order valence-electron chi connectivity index (χ3n) is 1.60. The number of aromatic carboxylic acids is 1. The fourth-order valence-corrected chi connectivity index (χ4v) is 1.50. The number of hydrogen-bond acceptors (Lipinski definition) is 6. The van der Waals surface area contributed by atoms with Crippen molar-refractivity contribution in [1.82, 2.24) is 9.97 Å². The molecule has 0 spiro atoms. The van der Waals surface area contributed by atoms with E-state index in [1.54, 1.807) is 6.20 Å². The molecule has 2 N–H and O–H groups in total. The lowest BCUT2D eigenvalue weighted by Gasteiger charge is -1.95. The monoisotopic (exact) mass is 225 g/mol. The summed E-state index contributed by atoms with van der Waals surface area (Å²) in [6.45, 7) is 0.469. The summed E-state index contributed by atoms with van der Waals surface area (Å²) >= 11 is 1.50. The first-order chi connectivity index (χ1) is 7.25. The highest BCUT2D eigenvalue weighted by Crippen LogP contribution is 2.10. The highest BCUT2D eigenvalue weighted by molar-refractivity contribution is 7.09. The Balaban J connectivity index is 1.96. The van der Waals surface area contributed by atoms with Gasteiger partial charge in [-0.2, -0.15) is 4.98 Å². The van der Waals surface area contributed by atoms with Gasteiger partial charge in [-0.05, 0) is 0 Å². The summed E-state index contributed by atoms with van der Waals surface area (Å²) in [5.41, 5.74) is -0.114. The van der Waals surface area contributed by atoms with Crippen LogP contribution in [0.3, 0.4) is 0 Å². The van der Waals surface area contributed by atoms with Crippen LogP contribution in [0.5, 0.6) is 0 Å². The van der Waals surface area contributed by atoms with Crippen molar-refractivity contribution in [3.05, 3.63) is 28.5 Å². The van der Waals surface area contributed by atoms with Gasteiger partial charge in [-0.1, -0.05) is 0 Å². The first kappa shape index (κ1) is 9.66. The topological polar surface area (TPSA) is 88.2 Å². The van der Waals surface area contributed by atoms with E-state index in [2.05, 4.69) is 15.3 Å². The van der Waals surface area contributed by atoms with Crippen LogP contribution in [0, 0.1) is 0 Å². The van der Waals surface area contributed by atoms with Crippen LogP contribution in [-0.2, 0) is 6.54 Å². The molecular weight excluding hydrogens is 218 g/mol. The first-order valence-electron chi connectivity index (χ1n) is 4.07. The molecule has 15 heavy (non-hydrogen) atoms. The smallest absolute Gasteiger partial charge is 0.357 e. The zero-order chi connectivity index (χ0) is 10.7. The Labute approximate surface area is 88.6 Å². The molecule has 0 aliphatic heterocycles. The second-order valence-corrected chi connectivity index (χ2v) is 3.60. The molecule has 2 aromatic heterocycles. The number of nitrogens with zero attached hydrogens (tertiary/aromatic N) is 2. The Kier molecular flexibility index (Phi) is 2.64. The van der Waals surface area contributed by atoms with Crippen molar-refractivity contribution >= 4 is 23.3 Å². The first-order valence-corrected chi connectivity index (χ1v) is 4.95.